The van der Waals surface area contributed by atoms with Crippen molar-refractivity contribution in [3.05, 3.63) is 39.7 Å². The van der Waals surface area contributed by atoms with Crippen LogP contribution in [0.25, 0.3) is 0 Å². The first-order valence-corrected chi connectivity index (χ1v) is 4.86. The van der Waals surface area contributed by atoms with Gasteiger partial charge < -0.3 is 10.5 Å². The van der Waals surface area contributed by atoms with E-state index in [9.17, 15) is 14.5 Å². The van der Waals surface area contributed by atoms with E-state index in [1.54, 1.807) is 0 Å². The summed E-state index contributed by atoms with van der Waals surface area (Å²) in [6.45, 7) is 0.934. The predicted octanol–water partition coefficient (Wildman–Crippen LogP) is 1.60. The number of nitro benzene ring substituents is 1. The second-order valence-electron chi connectivity index (χ2n) is 3.20. The number of rotatable bonds is 6. The Morgan fingerprint density at radius 1 is 1.50 bits per heavy atom. The summed E-state index contributed by atoms with van der Waals surface area (Å²) in [4.78, 5) is 9.71. The van der Waals surface area contributed by atoms with Crippen molar-refractivity contribution < 1.29 is 14.1 Å². The lowest BCUT2D eigenvalue weighted by molar-refractivity contribution is -0.387. The van der Waals surface area contributed by atoms with Gasteiger partial charge in [0, 0.05) is 18.2 Å². The van der Waals surface area contributed by atoms with Gasteiger partial charge in [-0.3, -0.25) is 10.1 Å². The van der Waals surface area contributed by atoms with Crippen molar-refractivity contribution >= 4 is 5.69 Å². The van der Waals surface area contributed by atoms with Crippen molar-refractivity contribution in [1.82, 2.24) is 0 Å². The van der Waals surface area contributed by atoms with Crippen LogP contribution in [0, 0.1) is 15.9 Å². The SMILES string of the molecule is NCCCOCc1cccc([N+](=O)[O-])c1F. The molecule has 0 aliphatic rings. The van der Waals surface area contributed by atoms with Crippen LogP contribution in [0.1, 0.15) is 12.0 Å². The standard InChI is InChI=1S/C10H13FN2O3/c11-10-8(7-16-6-2-5-12)3-1-4-9(10)13(14)15/h1,3-4H,2,5-7,12H2. The van der Waals surface area contributed by atoms with E-state index in [1.165, 1.54) is 12.1 Å². The molecule has 1 aromatic rings. The molecule has 16 heavy (non-hydrogen) atoms. The molecule has 0 saturated carbocycles. The Hall–Kier alpha value is -1.53. The van der Waals surface area contributed by atoms with Gasteiger partial charge in [0.2, 0.25) is 5.82 Å². The van der Waals surface area contributed by atoms with Crippen LogP contribution in [-0.2, 0) is 11.3 Å². The van der Waals surface area contributed by atoms with Crippen LogP contribution in [-0.4, -0.2) is 18.1 Å². The molecule has 1 rings (SSSR count). The first kappa shape index (κ1) is 12.5. The molecular weight excluding hydrogens is 215 g/mol. The van der Waals surface area contributed by atoms with Crippen molar-refractivity contribution in [2.75, 3.05) is 13.2 Å². The zero-order chi connectivity index (χ0) is 12.0. The zero-order valence-corrected chi connectivity index (χ0v) is 8.69. The van der Waals surface area contributed by atoms with Gasteiger partial charge in [-0.15, -0.1) is 0 Å². The molecular formula is C10H13FN2O3. The normalized spacial score (nSPS) is 10.4. The third-order valence-electron chi connectivity index (χ3n) is 2.01. The molecule has 0 aromatic heterocycles. The molecule has 0 atom stereocenters. The van der Waals surface area contributed by atoms with Crippen LogP contribution in [0.5, 0.6) is 0 Å². The van der Waals surface area contributed by atoms with Gasteiger partial charge in [-0.2, -0.15) is 4.39 Å². The fourth-order valence-electron chi connectivity index (χ4n) is 1.19. The second kappa shape index (κ2) is 6.14. The smallest absolute Gasteiger partial charge is 0.305 e. The number of nitrogens with zero attached hydrogens (tertiary/aromatic N) is 1. The summed E-state index contributed by atoms with van der Waals surface area (Å²) in [5.41, 5.74) is 4.92. The Labute approximate surface area is 92.2 Å². The molecule has 6 heteroatoms. The van der Waals surface area contributed by atoms with Crippen molar-refractivity contribution in [3.8, 4) is 0 Å². The van der Waals surface area contributed by atoms with Crippen LogP contribution in [0.15, 0.2) is 18.2 Å². The highest BCUT2D eigenvalue weighted by Gasteiger charge is 2.16. The number of nitrogens with two attached hydrogens (primary N) is 1. The largest absolute Gasteiger partial charge is 0.377 e. The van der Waals surface area contributed by atoms with Gasteiger partial charge in [-0.1, -0.05) is 12.1 Å². The Morgan fingerprint density at radius 3 is 2.88 bits per heavy atom. The highest BCUT2D eigenvalue weighted by Crippen LogP contribution is 2.20. The quantitative estimate of drug-likeness (QED) is 0.455. The summed E-state index contributed by atoms with van der Waals surface area (Å²) in [6.07, 6.45) is 0.677. The van der Waals surface area contributed by atoms with E-state index in [0.29, 0.717) is 19.6 Å². The van der Waals surface area contributed by atoms with Gasteiger partial charge in [0.25, 0.3) is 0 Å². The lowest BCUT2D eigenvalue weighted by Gasteiger charge is -2.04. The maximum absolute atomic E-state index is 13.5. The first-order chi connectivity index (χ1) is 7.66. The number of halogens is 1. The van der Waals surface area contributed by atoms with Gasteiger partial charge in [0.1, 0.15) is 0 Å². The van der Waals surface area contributed by atoms with E-state index in [-0.39, 0.29) is 12.2 Å². The Kier molecular flexibility index (Phi) is 4.81. The third kappa shape index (κ3) is 3.25. The summed E-state index contributed by atoms with van der Waals surface area (Å²) in [5, 5.41) is 10.5. The van der Waals surface area contributed by atoms with E-state index < -0.39 is 16.4 Å². The van der Waals surface area contributed by atoms with Gasteiger partial charge >= 0.3 is 5.69 Å². The van der Waals surface area contributed by atoms with Crippen LogP contribution in [0.3, 0.4) is 0 Å². The van der Waals surface area contributed by atoms with Crippen LogP contribution < -0.4 is 5.73 Å². The summed E-state index contributed by atoms with van der Waals surface area (Å²) in [6, 6.07) is 4.02. The van der Waals surface area contributed by atoms with E-state index in [2.05, 4.69) is 0 Å². The zero-order valence-electron chi connectivity index (χ0n) is 8.69. The number of nitro groups is 1. The van der Waals surface area contributed by atoms with Gasteiger partial charge in [-0.05, 0) is 13.0 Å². The lowest BCUT2D eigenvalue weighted by atomic mass is 10.2. The number of ether oxygens (including phenoxy) is 1. The third-order valence-corrected chi connectivity index (χ3v) is 2.01. The molecule has 88 valence electrons. The first-order valence-electron chi connectivity index (χ1n) is 4.86. The van der Waals surface area contributed by atoms with E-state index in [4.69, 9.17) is 10.5 Å². The maximum atomic E-state index is 13.5. The Morgan fingerprint density at radius 2 is 2.25 bits per heavy atom. The monoisotopic (exact) mass is 228 g/mol. The maximum Gasteiger partial charge on any atom is 0.305 e. The minimum atomic E-state index is -0.833. The fourth-order valence-corrected chi connectivity index (χ4v) is 1.19. The molecule has 0 amide bonds. The van der Waals surface area contributed by atoms with Crippen molar-refractivity contribution in [2.24, 2.45) is 5.73 Å². The van der Waals surface area contributed by atoms with E-state index >= 15 is 0 Å². The van der Waals surface area contributed by atoms with Crippen LogP contribution in [0.4, 0.5) is 10.1 Å². The topological polar surface area (TPSA) is 78.4 Å². The molecule has 0 unspecified atom stereocenters. The Bertz CT molecular complexity index is 371. The molecule has 0 saturated heterocycles. The number of hydrogen-bond donors (Lipinski definition) is 1. The van der Waals surface area contributed by atoms with E-state index in [0.717, 1.165) is 6.07 Å². The predicted molar refractivity (Wildman–Crippen MR) is 56.4 cm³/mol. The molecule has 0 fully saturated rings. The fraction of sp³-hybridized carbons (Fsp3) is 0.400. The minimum absolute atomic E-state index is 0.0213. The molecule has 0 aliphatic heterocycles. The van der Waals surface area contributed by atoms with Gasteiger partial charge in [0.05, 0.1) is 11.5 Å². The summed E-state index contributed by atoms with van der Waals surface area (Å²) < 4.78 is 18.6. The second-order valence-corrected chi connectivity index (χ2v) is 3.20. The Balaban J connectivity index is 2.66. The number of benzene rings is 1. The molecule has 0 bridgehead atoms. The van der Waals surface area contributed by atoms with Gasteiger partial charge in [0.15, 0.2) is 0 Å². The molecule has 0 aliphatic carbocycles. The molecule has 5 nitrogen and oxygen atoms in total. The van der Waals surface area contributed by atoms with Crippen LogP contribution in [0.2, 0.25) is 0 Å². The minimum Gasteiger partial charge on any atom is -0.377 e. The van der Waals surface area contributed by atoms with Crippen molar-refractivity contribution in [2.45, 2.75) is 13.0 Å². The molecule has 1 aromatic carbocycles. The molecule has 2 N–H and O–H groups in total. The molecule has 0 spiro atoms. The van der Waals surface area contributed by atoms with Crippen molar-refractivity contribution in [1.29, 1.82) is 0 Å². The van der Waals surface area contributed by atoms with Crippen LogP contribution >= 0.6 is 0 Å². The molecule has 0 heterocycles. The highest BCUT2D eigenvalue weighted by atomic mass is 19.1. The molecule has 0 radical (unpaired) electrons. The average molecular weight is 228 g/mol. The van der Waals surface area contributed by atoms with Crippen molar-refractivity contribution in [3.63, 3.8) is 0 Å². The van der Waals surface area contributed by atoms with Gasteiger partial charge in [-0.25, -0.2) is 0 Å². The lowest BCUT2D eigenvalue weighted by Crippen LogP contribution is -2.05. The summed E-state index contributed by atoms with van der Waals surface area (Å²) >= 11 is 0. The van der Waals surface area contributed by atoms with E-state index in [1.807, 2.05) is 0 Å². The summed E-state index contributed by atoms with van der Waals surface area (Å²) in [5.74, 6) is -0.833. The average Bonchev–Trinajstić information content (AvgIpc) is 2.26. The highest BCUT2D eigenvalue weighted by molar-refractivity contribution is 5.36. The summed E-state index contributed by atoms with van der Waals surface area (Å²) in [7, 11) is 0. The number of hydrogen-bond acceptors (Lipinski definition) is 4.